The van der Waals surface area contributed by atoms with Crippen LogP contribution in [0.5, 0.6) is 0 Å². The average Bonchev–Trinajstić information content (AvgIpc) is 2.47. The lowest BCUT2D eigenvalue weighted by Crippen LogP contribution is -2.48. The fourth-order valence-electron chi connectivity index (χ4n) is 2.68. The van der Waals surface area contributed by atoms with E-state index in [0.717, 1.165) is 38.9 Å². The number of benzene rings is 1. The van der Waals surface area contributed by atoms with E-state index in [1.54, 1.807) is 12.1 Å². The summed E-state index contributed by atoms with van der Waals surface area (Å²) in [6, 6.07) is 6.19. The number of hydrogen-bond donors (Lipinski definition) is 1. The van der Waals surface area contributed by atoms with Crippen molar-refractivity contribution in [3.05, 3.63) is 35.6 Å². The third kappa shape index (κ3) is 4.81. The van der Waals surface area contributed by atoms with Crippen molar-refractivity contribution in [3.8, 4) is 0 Å². The van der Waals surface area contributed by atoms with Gasteiger partial charge in [0.1, 0.15) is 5.82 Å². The molecule has 0 spiro atoms. The number of rotatable bonds is 5. The summed E-state index contributed by atoms with van der Waals surface area (Å²) in [6.45, 7) is 6.97. The highest BCUT2D eigenvalue weighted by molar-refractivity contribution is 5.94. The number of carbonyl (C=O) groups excluding carboxylic acids is 1. The third-order valence-corrected chi connectivity index (χ3v) is 3.95. The monoisotopic (exact) mass is 292 g/mol. The van der Waals surface area contributed by atoms with Gasteiger partial charge in [-0.2, -0.15) is 0 Å². The Labute approximate surface area is 126 Å². The van der Waals surface area contributed by atoms with Gasteiger partial charge < -0.3 is 10.2 Å². The minimum absolute atomic E-state index is 0.00496. The van der Waals surface area contributed by atoms with E-state index in [1.807, 2.05) is 4.90 Å². The van der Waals surface area contributed by atoms with Crippen LogP contribution in [0.1, 0.15) is 43.5 Å². The number of amides is 1. The van der Waals surface area contributed by atoms with E-state index in [0.29, 0.717) is 17.5 Å². The molecule has 1 heterocycles. The summed E-state index contributed by atoms with van der Waals surface area (Å²) in [5.74, 6) is 0.391. The SMILES string of the molecule is CC(C)CCNC1CCCN(C(=O)c2ccc(F)cc2)C1. The second kappa shape index (κ2) is 7.55. The third-order valence-electron chi connectivity index (χ3n) is 3.95. The zero-order valence-corrected chi connectivity index (χ0v) is 12.9. The number of piperidine rings is 1. The minimum atomic E-state index is -0.307. The summed E-state index contributed by atoms with van der Waals surface area (Å²) in [7, 11) is 0. The quantitative estimate of drug-likeness (QED) is 0.904. The van der Waals surface area contributed by atoms with Gasteiger partial charge in [0, 0.05) is 24.7 Å². The van der Waals surface area contributed by atoms with Crippen molar-refractivity contribution < 1.29 is 9.18 Å². The Morgan fingerprint density at radius 2 is 2.10 bits per heavy atom. The molecule has 1 amide bonds. The Bertz CT molecular complexity index is 458. The van der Waals surface area contributed by atoms with Gasteiger partial charge in [-0.15, -0.1) is 0 Å². The number of nitrogens with zero attached hydrogens (tertiary/aromatic N) is 1. The maximum Gasteiger partial charge on any atom is 0.253 e. The fourth-order valence-corrected chi connectivity index (χ4v) is 2.68. The fraction of sp³-hybridized carbons (Fsp3) is 0.588. The van der Waals surface area contributed by atoms with Gasteiger partial charge in [-0.05, 0) is 56.0 Å². The first kappa shape index (κ1) is 16.0. The summed E-state index contributed by atoms with van der Waals surface area (Å²) in [4.78, 5) is 14.3. The average molecular weight is 292 g/mol. The minimum Gasteiger partial charge on any atom is -0.337 e. The first-order valence-corrected chi connectivity index (χ1v) is 7.84. The van der Waals surface area contributed by atoms with Crippen molar-refractivity contribution in [1.29, 1.82) is 0 Å². The maximum atomic E-state index is 12.9. The second-order valence-corrected chi connectivity index (χ2v) is 6.23. The normalized spacial score (nSPS) is 19.0. The predicted octanol–water partition coefficient (Wildman–Crippen LogP) is 3.07. The van der Waals surface area contributed by atoms with Crippen molar-refractivity contribution in [2.75, 3.05) is 19.6 Å². The molecule has 4 heteroatoms. The molecule has 116 valence electrons. The van der Waals surface area contributed by atoms with Crippen molar-refractivity contribution in [3.63, 3.8) is 0 Å². The largest absolute Gasteiger partial charge is 0.337 e. The lowest BCUT2D eigenvalue weighted by molar-refractivity contribution is 0.0694. The van der Waals surface area contributed by atoms with E-state index in [4.69, 9.17) is 0 Å². The molecule has 1 unspecified atom stereocenters. The Kier molecular flexibility index (Phi) is 5.74. The molecule has 1 aromatic carbocycles. The van der Waals surface area contributed by atoms with Gasteiger partial charge in [0.2, 0.25) is 0 Å². The zero-order valence-electron chi connectivity index (χ0n) is 12.9. The lowest BCUT2D eigenvalue weighted by atomic mass is 10.0. The van der Waals surface area contributed by atoms with Crippen LogP contribution in [0.4, 0.5) is 4.39 Å². The molecule has 3 nitrogen and oxygen atoms in total. The summed E-state index contributed by atoms with van der Waals surface area (Å²) >= 11 is 0. The Hall–Kier alpha value is -1.42. The first-order valence-electron chi connectivity index (χ1n) is 7.84. The van der Waals surface area contributed by atoms with E-state index in [9.17, 15) is 9.18 Å². The standard InChI is InChI=1S/C17H25FN2O/c1-13(2)9-10-19-16-4-3-11-20(12-16)17(21)14-5-7-15(18)8-6-14/h5-8,13,16,19H,3-4,9-12H2,1-2H3. The molecule has 1 N–H and O–H groups in total. The molecule has 1 aliphatic heterocycles. The highest BCUT2D eigenvalue weighted by Gasteiger charge is 2.24. The van der Waals surface area contributed by atoms with Crippen LogP contribution in [-0.2, 0) is 0 Å². The van der Waals surface area contributed by atoms with Crippen LogP contribution in [-0.4, -0.2) is 36.5 Å². The second-order valence-electron chi connectivity index (χ2n) is 6.23. The van der Waals surface area contributed by atoms with Crippen LogP contribution >= 0.6 is 0 Å². The number of nitrogens with one attached hydrogen (secondary N) is 1. The molecule has 21 heavy (non-hydrogen) atoms. The van der Waals surface area contributed by atoms with E-state index in [2.05, 4.69) is 19.2 Å². The Morgan fingerprint density at radius 3 is 2.76 bits per heavy atom. The first-order chi connectivity index (χ1) is 10.1. The molecule has 1 saturated heterocycles. The summed E-state index contributed by atoms with van der Waals surface area (Å²) in [6.07, 6.45) is 3.29. The van der Waals surface area contributed by atoms with Crippen molar-refractivity contribution >= 4 is 5.91 Å². The highest BCUT2D eigenvalue weighted by Crippen LogP contribution is 2.14. The molecule has 2 rings (SSSR count). The van der Waals surface area contributed by atoms with Gasteiger partial charge in [-0.3, -0.25) is 4.79 Å². The number of likely N-dealkylation sites (tertiary alicyclic amines) is 1. The maximum absolute atomic E-state index is 12.9. The summed E-state index contributed by atoms with van der Waals surface area (Å²) < 4.78 is 12.9. The molecule has 1 atom stereocenters. The van der Waals surface area contributed by atoms with Crippen molar-refractivity contribution in [1.82, 2.24) is 10.2 Å². The number of carbonyl (C=O) groups is 1. The van der Waals surface area contributed by atoms with Gasteiger partial charge in [-0.25, -0.2) is 4.39 Å². The van der Waals surface area contributed by atoms with Crippen LogP contribution < -0.4 is 5.32 Å². The van der Waals surface area contributed by atoms with Gasteiger partial charge in [0.05, 0.1) is 0 Å². The molecule has 1 aliphatic rings. The highest BCUT2D eigenvalue weighted by atomic mass is 19.1. The van der Waals surface area contributed by atoms with Crippen molar-refractivity contribution in [2.45, 2.75) is 39.2 Å². The molecule has 0 radical (unpaired) electrons. The van der Waals surface area contributed by atoms with Crippen LogP contribution in [0.3, 0.4) is 0 Å². The topological polar surface area (TPSA) is 32.3 Å². The van der Waals surface area contributed by atoms with Crippen LogP contribution in [0.25, 0.3) is 0 Å². The lowest BCUT2D eigenvalue weighted by Gasteiger charge is -2.33. The molecule has 1 aromatic rings. The smallest absolute Gasteiger partial charge is 0.253 e. The number of hydrogen-bond acceptors (Lipinski definition) is 2. The van der Waals surface area contributed by atoms with Crippen LogP contribution in [0.15, 0.2) is 24.3 Å². The van der Waals surface area contributed by atoms with Gasteiger partial charge >= 0.3 is 0 Å². The van der Waals surface area contributed by atoms with E-state index in [-0.39, 0.29) is 11.7 Å². The molecule has 0 aliphatic carbocycles. The van der Waals surface area contributed by atoms with Gasteiger partial charge in [-0.1, -0.05) is 13.8 Å². The molecular weight excluding hydrogens is 267 g/mol. The van der Waals surface area contributed by atoms with Crippen LogP contribution in [0, 0.1) is 11.7 Å². The van der Waals surface area contributed by atoms with Gasteiger partial charge in [0.15, 0.2) is 0 Å². The Balaban J connectivity index is 1.88. The Morgan fingerprint density at radius 1 is 1.38 bits per heavy atom. The van der Waals surface area contributed by atoms with Crippen molar-refractivity contribution in [2.24, 2.45) is 5.92 Å². The van der Waals surface area contributed by atoms with E-state index in [1.165, 1.54) is 12.1 Å². The molecular formula is C17H25FN2O. The summed E-state index contributed by atoms with van der Waals surface area (Å²) in [5, 5.41) is 3.54. The molecule has 0 aromatic heterocycles. The zero-order chi connectivity index (χ0) is 15.2. The predicted molar refractivity (Wildman–Crippen MR) is 82.8 cm³/mol. The van der Waals surface area contributed by atoms with Crippen LogP contribution in [0.2, 0.25) is 0 Å². The number of halogens is 1. The molecule has 1 fully saturated rings. The van der Waals surface area contributed by atoms with Gasteiger partial charge in [0.25, 0.3) is 5.91 Å². The molecule has 0 saturated carbocycles. The molecule has 0 bridgehead atoms. The van der Waals surface area contributed by atoms with E-state index >= 15 is 0 Å². The van der Waals surface area contributed by atoms with E-state index < -0.39 is 0 Å². The summed E-state index contributed by atoms with van der Waals surface area (Å²) in [5.41, 5.74) is 0.569.